The number of aromatic carboxylic acids is 1. The smallest absolute Gasteiger partial charge is 0.335 e. The average molecular weight is 478 g/mol. The van der Waals surface area contributed by atoms with Crippen molar-refractivity contribution >= 4 is 16.9 Å². The summed E-state index contributed by atoms with van der Waals surface area (Å²) in [7, 11) is 0. The SMILES string of the molecule is CC.[CH2-]Cn1c(-c2ccccc2[CH2-])c(C2CCCCC2)c2ccc(C(=O)O)cc21.[Y]. The molecule has 1 heterocycles. The van der Waals surface area contributed by atoms with E-state index in [0.29, 0.717) is 18.0 Å². The summed E-state index contributed by atoms with van der Waals surface area (Å²) in [5.41, 5.74) is 5.91. The molecular formula is C26H31NO2Y-2. The number of carbonyl (C=O) groups is 1. The fourth-order valence-electron chi connectivity index (χ4n) is 4.59. The molecule has 0 saturated heterocycles. The Hall–Kier alpha value is -1.58. The van der Waals surface area contributed by atoms with Gasteiger partial charge in [-0.2, -0.15) is 18.6 Å². The Balaban J connectivity index is 0.00000104. The molecule has 1 radical (unpaired) electrons. The largest absolute Gasteiger partial charge is 0.478 e. The van der Waals surface area contributed by atoms with E-state index in [1.165, 1.54) is 43.4 Å². The number of benzene rings is 2. The second-order valence-electron chi connectivity index (χ2n) is 7.44. The van der Waals surface area contributed by atoms with Gasteiger partial charge in [-0.15, -0.1) is 24.2 Å². The van der Waals surface area contributed by atoms with Gasteiger partial charge in [0, 0.05) is 43.6 Å². The third-order valence-corrected chi connectivity index (χ3v) is 5.86. The van der Waals surface area contributed by atoms with Gasteiger partial charge in [0.05, 0.1) is 5.56 Å². The van der Waals surface area contributed by atoms with E-state index >= 15 is 0 Å². The van der Waals surface area contributed by atoms with Crippen molar-refractivity contribution in [3.63, 3.8) is 0 Å². The van der Waals surface area contributed by atoms with E-state index in [-0.39, 0.29) is 32.7 Å². The van der Waals surface area contributed by atoms with Crippen molar-refractivity contribution in [3.05, 3.63) is 73.0 Å². The number of nitrogens with zero attached hydrogens (tertiary/aromatic N) is 1. The maximum absolute atomic E-state index is 11.5. The summed E-state index contributed by atoms with van der Waals surface area (Å²) in [6, 6.07) is 13.7. The van der Waals surface area contributed by atoms with Gasteiger partial charge in [-0.25, -0.2) is 4.79 Å². The minimum absolute atomic E-state index is 0. The van der Waals surface area contributed by atoms with Gasteiger partial charge in [-0.05, 0) is 42.1 Å². The molecule has 3 aromatic rings. The zero-order valence-electron chi connectivity index (χ0n) is 18.2. The van der Waals surface area contributed by atoms with Gasteiger partial charge >= 0.3 is 5.97 Å². The molecule has 0 bridgehead atoms. The molecule has 0 amide bonds. The summed E-state index contributed by atoms with van der Waals surface area (Å²) in [6.07, 6.45) is 6.17. The fourth-order valence-corrected chi connectivity index (χ4v) is 4.59. The maximum Gasteiger partial charge on any atom is 0.335 e. The number of aromatic nitrogens is 1. The van der Waals surface area contributed by atoms with E-state index < -0.39 is 5.97 Å². The first-order valence-electron chi connectivity index (χ1n) is 10.7. The van der Waals surface area contributed by atoms with Gasteiger partial charge in [-0.1, -0.05) is 45.2 Å². The molecule has 30 heavy (non-hydrogen) atoms. The molecule has 1 aliphatic rings. The minimum atomic E-state index is -0.896. The van der Waals surface area contributed by atoms with Crippen molar-refractivity contribution in [1.29, 1.82) is 0 Å². The van der Waals surface area contributed by atoms with E-state index in [1.54, 1.807) is 12.1 Å². The molecular weight excluding hydrogens is 447 g/mol. The number of hydrogen-bond acceptors (Lipinski definition) is 1. The standard InChI is InChI=1S/C24H25NO2.C2H6.Y/c1-3-25-21-15-18(24(26)27)13-14-20(21)22(17-10-5-4-6-11-17)23(25)19-12-8-7-9-16(19)2;1-2;/h7-9,12-15,17H,1-6,10-11H2,(H,26,27);1-2H3;/q-2;;. The van der Waals surface area contributed by atoms with Crippen LogP contribution in [0.2, 0.25) is 0 Å². The molecule has 2 aromatic carbocycles. The van der Waals surface area contributed by atoms with Crippen LogP contribution in [0.15, 0.2) is 42.5 Å². The molecule has 0 aliphatic heterocycles. The van der Waals surface area contributed by atoms with Crippen LogP contribution >= 0.6 is 0 Å². The average Bonchev–Trinajstić information content (AvgIpc) is 3.09. The van der Waals surface area contributed by atoms with Crippen LogP contribution in [0.3, 0.4) is 0 Å². The van der Waals surface area contributed by atoms with Crippen molar-refractivity contribution in [2.75, 3.05) is 0 Å². The third kappa shape index (κ3) is 4.68. The maximum atomic E-state index is 11.5. The first-order chi connectivity index (χ1) is 14.1. The molecule has 0 spiro atoms. The molecule has 0 atom stereocenters. The van der Waals surface area contributed by atoms with Crippen molar-refractivity contribution in [1.82, 2.24) is 4.57 Å². The van der Waals surface area contributed by atoms with Crippen molar-refractivity contribution in [2.24, 2.45) is 0 Å². The Kier molecular flexibility index (Phi) is 9.18. The topological polar surface area (TPSA) is 42.2 Å². The summed E-state index contributed by atoms with van der Waals surface area (Å²) >= 11 is 0. The summed E-state index contributed by atoms with van der Waals surface area (Å²) in [5, 5.41) is 10.6. The molecule has 0 unspecified atom stereocenters. The van der Waals surface area contributed by atoms with Gasteiger partial charge in [0.25, 0.3) is 0 Å². The Bertz CT molecular complexity index is 1000. The van der Waals surface area contributed by atoms with E-state index in [4.69, 9.17) is 0 Å². The van der Waals surface area contributed by atoms with E-state index in [2.05, 4.69) is 24.5 Å². The summed E-state index contributed by atoms with van der Waals surface area (Å²) in [5.74, 6) is -0.397. The van der Waals surface area contributed by atoms with Crippen LogP contribution < -0.4 is 0 Å². The molecule has 157 valence electrons. The first kappa shape index (κ1) is 24.7. The van der Waals surface area contributed by atoms with Crippen LogP contribution in [0.5, 0.6) is 0 Å². The van der Waals surface area contributed by atoms with Crippen LogP contribution in [0.25, 0.3) is 22.2 Å². The summed E-state index contributed by atoms with van der Waals surface area (Å²) < 4.78 is 2.18. The van der Waals surface area contributed by atoms with E-state index in [9.17, 15) is 9.90 Å². The molecule has 3 nitrogen and oxygen atoms in total. The first-order valence-corrected chi connectivity index (χ1v) is 10.7. The Morgan fingerprint density at radius 3 is 2.37 bits per heavy atom. The number of carboxylic acid groups (broad SMARTS) is 1. The predicted molar refractivity (Wildman–Crippen MR) is 121 cm³/mol. The van der Waals surface area contributed by atoms with Crippen LogP contribution in [0.4, 0.5) is 0 Å². The third-order valence-electron chi connectivity index (χ3n) is 5.86. The van der Waals surface area contributed by atoms with Gasteiger partial charge < -0.3 is 16.6 Å². The van der Waals surface area contributed by atoms with Gasteiger partial charge in [-0.3, -0.25) is 0 Å². The van der Waals surface area contributed by atoms with Gasteiger partial charge in [0.15, 0.2) is 0 Å². The quantitative estimate of drug-likeness (QED) is 0.407. The fraction of sp³-hybridized carbons (Fsp3) is 0.346. The zero-order valence-corrected chi connectivity index (χ0v) is 21.0. The minimum Gasteiger partial charge on any atom is -0.478 e. The normalized spacial score (nSPS) is 14.0. The number of hydrogen-bond donors (Lipinski definition) is 1. The molecule has 1 aromatic heterocycles. The van der Waals surface area contributed by atoms with Gasteiger partial charge in [0.2, 0.25) is 0 Å². The molecule has 1 fully saturated rings. The number of carboxylic acids is 1. The summed E-state index contributed by atoms with van der Waals surface area (Å²) in [4.78, 5) is 11.5. The van der Waals surface area contributed by atoms with Crippen LogP contribution in [0.1, 0.15) is 73.4 Å². The number of fused-ring (bicyclic) bond motifs is 1. The van der Waals surface area contributed by atoms with Crippen LogP contribution in [-0.4, -0.2) is 15.6 Å². The van der Waals surface area contributed by atoms with Crippen LogP contribution in [0, 0.1) is 13.8 Å². The zero-order chi connectivity index (χ0) is 21.0. The molecule has 1 saturated carbocycles. The second kappa shape index (κ2) is 11.2. The second-order valence-corrected chi connectivity index (χ2v) is 7.44. The molecule has 1 aliphatic carbocycles. The Labute approximate surface area is 205 Å². The van der Waals surface area contributed by atoms with Crippen LogP contribution in [-0.2, 0) is 39.3 Å². The van der Waals surface area contributed by atoms with Crippen molar-refractivity contribution in [2.45, 2.75) is 58.4 Å². The molecule has 1 N–H and O–H groups in total. The van der Waals surface area contributed by atoms with E-state index in [1.807, 2.05) is 38.1 Å². The van der Waals surface area contributed by atoms with Crippen molar-refractivity contribution < 1.29 is 42.6 Å². The monoisotopic (exact) mass is 478 g/mol. The van der Waals surface area contributed by atoms with E-state index in [0.717, 1.165) is 22.0 Å². The molecule has 4 heteroatoms. The Morgan fingerprint density at radius 1 is 1.10 bits per heavy atom. The van der Waals surface area contributed by atoms with Crippen molar-refractivity contribution in [3.8, 4) is 11.3 Å². The summed E-state index contributed by atoms with van der Waals surface area (Å²) in [6.45, 7) is 12.9. The number of rotatable bonds is 4. The molecule has 4 rings (SSSR count). The predicted octanol–water partition coefficient (Wildman–Crippen LogP) is 7.09. The van der Waals surface area contributed by atoms with Gasteiger partial charge in [0.1, 0.15) is 0 Å². The Morgan fingerprint density at radius 2 is 1.77 bits per heavy atom.